The van der Waals surface area contributed by atoms with Gasteiger partial charge in [-0.25, -0.2) is 0 Å². The van der Waals surface area contributed by atoms with E-state index in [1.165, 1.54) is 0 Å². The first-order valence-electron chi connectivity index (χ1n) is 7.65. The molecule has 4 nitrogen and oxygen atoms in total. The molecular formula is C19H20O4P2. The van der Waals surface area contributed by atoms with Gasteiger partial charge in [0.1, 0.15) is 17.2 Å². The van der Waals surface area contributed by atoms with Gasteiger partial charge >= 0.3 is 7.82 Å². The molecule has 25 heavy (non-hydrogen) atoms. The predicted molar refractivity (Wildman–Crippen MR) is 104 cm³/mol. The van der Waals surface area contributed by atoms with Crippen LogP contribution in [0.15, 0.2) is 91.0 Å². The summed E-state index contributed by atoms with van der Waals surface area (Å²) in [5.74, 6) is 1.22. The molecule has 0 saturated heterocycles. The van der Waals surface area contributed by atoms with Crippen LogP contribution in [-0.4, -0.2) is 6.66 Å². The molecule has 1 unspecified atom stereocenters. The van der Waals surface area contributed by atoms with Crippen LogP contribution in [0.5, 0.6) is 17.2 Å². The van der Waals surface area contributed by atoms with E-state index in [2.05, 4.69) is 9.24 Å². The highest BCUT2D eigenvalue weighted by Crippen LogP contribution is 2.49. The number of rotatable bonds is 6. The molecule has 3 rings (SSSR count). The minimum atomic E-state index is -3.89. The lowest BCUT2D eigenvalue weighted by molar-refractivity contribution is 0.298. The van der Waals surface area contributed by atoms with Crippen molar-refractivity contribution >= 4 is 17.1 Å². The zero-order valence-corrected chi connectivity index (χ0v) is 15.9. The molecule has 6 heteroatoms. The van der Waals surface area contributed by atoms with Crippen LogP contribution in [-0.2, 0) is 4.57 Å². The Bertz CT molecular complexity index is 672. The van der Waals surface area contributed by atoms with Gasteiger partial charge in [-0.2, -0.15) is 4.57 Å². The van der Waals surface area contributed by atoms with E-state index >= 15 is 0 Å². The average molecular weight is 374 g/mol. The van der Waals surface area contributed by atoms with Crippen LogP contribution >= 0.6 is 17.1 Å². The Kier molecular flexibility index (Phi) is 7.53. The summed E-state index contributed by atoms with van der Waals surface area (Å²) in [4.78, 5) is 0. The van der Waals surface area contributed by atoms with Gasteiger partial charge in [0.15, 0.2) is 0 Å². The van der Waals surface area contributed by atoms with Crippen molar-refractivity contribution in [2.24, 2.45) is 0 Å². The molecule has 0 heterocycles. The van der Waals surface area contributed by atoms with Crippen LogP contribution in [0.4, 0.5) is 0 Å². The van der Waals surface area contributed by atoms with Gasteiger partial charge in [0.05, 0.1) is 0 Å². The van der Waals surface area contributed by atoms with Gasteiger partial charge in [0.2, 0.25) is 0 Å². The summed E-state index contributed by atoms with van der Waals surface area (Å²) in [5.41, 5.74) is 0. The molecular weight excluding hydrogens is 354 g/mol. The Balaban J connectivity index is 0.00000109. The minimum absolute atomic E-state index is 0.405. The van der Waals surface area contributed by atoms with Crippen molar-refractivity contribution in [1.82, 2.24) is 0 Å². The zero-order chi connectivity index (χ0) is 18.0. The van der Waals surface area contributed by atoms with Gasteiger partial charge in [-0.15, -0.1) is 9.24 Å². The second kappa shape index (κ2) is 9.88. The summed E-state index contributed by atoms with van der Waals surface area (Å²) in [6.45, 7) is 1.92. The quantitative estimate of drug-likeness (QED) is 0.510. The molecule has 130 valence electrons. The van der Waals surface area contributed by atoms with Crippen LogP contribution < -0.4 is 13.6 Å². The van der Waals surface area contributed by atoms with Crippen molar-refractivity contribution in [3.05, 3.63) is 91.0 Å². The molecule has 0 spiro atoms. The molecule has 0 aliphatic rings. The third kappa shape index (κ3) is 6.26. The topological polar surface area (TPSA) is 44.8 Å². The average Bonchev–Trinajstić information content (AvgIpc) is 2.65. The van der Waals surface area contributed by atoms with E-state index in [1.54, 1.807) is 72.8 Å². The van der Waals surface area contributed by atoms with E-state index in [9.17, 15) is 4.57 Å². The van der Waals surface area contributed by atoms with E-state index in [-0.39, 0.29) is 0 Å². The molecule has 0 radical (unpaired) electrons. The third-order valence-electron chi connectivity index (χ3n) is 2.88. The fourth-order valence-electron chi connectivity index (χ4n) is 1.89. The lowest BCUT2D eigenvalue weighted by atomic mass is 10.3. The Morgan fingerprint density at radius 1 is 0.560 bits per heavy atom. The van der Waals surface area contributed by atoms with Crippen molar-refractivity contribution in [2.45, 2.75) is 0 Å². The maximum absolute atomic E-state index is 13.1. The molecule has 0 fully saturated rings. The number of phosphoric acid groups is 1. The molecule has 1 atom stereocenters. The first-order valence-corrected chi connectivity index (χ1v) is 10.3. The molecule has 0 bridgehead atoms. The normalized spacial score (nSPS) is 10.2. The van der Waals surface area contributed by atoms with Crippen LogP contribution in [0, 0.1) is 0 Å². The first kappa shape index (κ1) is 19.1. The lowest BCUT2D eigenvalue weighted by Crippen LogP contribution is -2.07. The van der Waals surface area contributed by atoms with Gasteiger partial charge in [-0.05, 0) is 36.4 Å². The highest BCUT2D eigenvalue weighted by atomic mass is 31.2. The number of para-hydroxylation sites is 3. The SMILES string of the molecule is CP.O=P(Oc1ccccc1)(Oc1ccccc1)Oc1ccccc1. The van der Waals surface area contributed by atoms with Crippen LogP contribution in [0.2, 0.25) is 0 Å². The van der Waals surface area contributed by atoms with E-state index in [0.29, 0.717) is 17.2 Å². The molecule has 3 aromatic carbocycles. The molecule has 0 aromatic heterocycles. The zero-order valence-electron chi connectivity index (χ0n) is 13.8. The molecule has 0 N–H and O–H groups in total. The number of hydrogen-bond donors (Lipinski definition) is 0. The second-order valence-corrected chi connectivity index (χ2v) is 6.10. The highest BCUT2D eigenvalue weighted by Gasteiger charge is 2.33. The maximum atomic E-state index is 13.1. The smallest absolute Gasteiger partial charge is 0.386 e. The summed E-state index contributed by atoms with van der Waals surface area (Å²) >= 11 is 0. The summed E-state index contributed by atoms with van der Waals surface area (Å²) in [5, 5.41) is 0. The molecule has 3 aromatic rings. The Labute approximate surface area is 150 Å². The summed E-state index contributed by atoms with van der Waals surface area (Å²) in [6.07, 6.45) is 0. The number of benzene rings is 3. The lowest BCUT2D eigenvalue weighted by Gasteiger charge is -2.19. The molecule has 0 aliphatic carbocycles. The van der Waals surface area contributed by atoms with E-state index < -0.39 is 7.82 Å². The van der Waals surface area contributed by atoms with E-state index in [1.807, 2.05) is 24.9 Å². The Morgan fingerprint density at radius 3 is 1.04 bits per heavy atom. The summed E-state index contributed by atoms with van der Waals surface area (Å²) < 4.78 is 29.6. The first-order chi connectivity index (χ1) is 12.2. The number of hydrogen-bond acceptors (Lipinski definition) is 4. The van der Waals surface area contributed by atoms with Crippen LogP contribution in [0.1, 0.15) is 0 Å². The Morgan fingerprint density at radius 2 is 0.800 bits per heavy atom. The van der Waals surface area contributed by atoms with Crippen LogP contribution in [0.25, 0.3) is 0 Å². The van der Waals surface area contributed by atoms with Gasteiger partial charge in [0, 0.05) is 0 Å². The maximum Gasteiger partial charge on any atom is 0.647 e. The van der Waals surface area contributed by atoms with E-state index in [0.717, 1.165) is 0 Å². The molecule has 0 saturated carbocycles. The van der Waals surface area contributed by atoms with Crippen molar-refractivity contribution in [1.29, 1.82) is 0 Å². The summed E-state index contributed by atoms with van der Waals surface area (Å²) in [7, 11) is -1.47. The fraction of sp³-hybridized carbons (Fsp3) is 0.0526. The van der Waals surface area contributed by atoms with Crippen LogP contribution in [0.3, 0.4) is 0 Å². The van der Waals surface area contributed by atoms with E-state index in [4.69, 9.17) is 13.6 Å². The van der Waals surface area contributed by atoms with Crippen molar-refractivity contribution in [3.63, 3.8) is 0 Å². The predicted octanol–water partition coefficient (Wildman–Crippen LogP) is 5.82. The van der Waals surface area contributed by atoms with Gasteiger partial charge in [0.25, 0.3) is 0 Å². The highest BCUT2D eigenvalue weighted by molar-refractivity contribution is 7.49. The van der Waals surface area contributed by atoms with Gasteiger partial charge in [-0.3, -0.25) is 0 Å². The standard InChI is InChI=1S/C18H15O4P.CH5P/c19-23(20-16-10-4-1-5-11-16,21-17-12-6-2-7-13-17)22-18-14-8-3-9-15-18;1-2/h1-15H;2H2,1H3. The largest absolute Gasteiger partial charge is 0.647 e. The monoisotopic (exact) mass is 374 g/mol. The van der Waals surface area contributed by atoms with Crippen molar-refractivity contribution < 1.29 is 18.1 Å². The van der Waals surface area contributed by atoms with Gasteiger partial charge < -0.3 is 13.6 Å². The molecule has 0 amide bonds. The summed E-state index contributed by atoms with van der Waals surface area (Å²) in [6, 6.07) is 26.4. The van der Waals surface area contributed by atoms with Crippen molar-refractivity contribution in [3.8, 4) is 17.2 Å². The second-order valence-electron chi connectivity index (χ2n) is 4.66. The minimum Gasteiger partial charge on any atom is -0.386 e. The fourth-order valence-corrected chi connectivity index (χ4v) is 3.14. The Hall–Kier alpha value is -2.28. The van der Waals surface area contributed by atoms with Gasteiger partial charge in [-0.1, -0.05) is 61.3 Å². The third-order valence-corrected chi connectivity index (χ3v) is 4.18. The molecule has 0 aliphatic heterocycles. The van der Waals surface area contributed by atoms with Crippen molar-refractivity contribution in [2.75, 3.05) is 6.66 Å². The number of phosphoric ester groups is 1.